The number of furan rings is 1. The van der Waals surface area contributed by atoms with Crippen LogP contribution in [-0.2, 0) is 16.0 Å². The van der Waals surface area contributed by atoms with Crippen LogP contribution < -0.4 is 10.6 Å². The molecule has 2 rings (SSSR count). The Balaban J connectivity index is 1.81. The number of carbonyl (C=O) groups excluding carboxylic acids is 2. The van der Waals surface area contributed by atoms with Gasteiger partial charge < -0.3 is 15.1 Å². The van der Waals surface area contributed by atoms with Crippen LogP contribution in [0.1, 0.15) is 5.76 Å². The van der Waals surface area contributed by atoms with E-state index in [0.29, 0.717) is 12.2 Å². The van der Waals surface area contributed by atoms with E-state index in [1.165, 1.54) is 18.4 Å². The predicted octanol–water partition coefficient (Wildman–Crippen LogP) is 2.37. The first-order valence-corrected chi connectivity index (χ1v) is 6.50. The van der Waals surface area contributed by atoms with Crippen molar-refractivity contribution in [2.45, 2.75) is 6.42 Å². The molecule has 5 nitrogen and oxygen atoms in total. The van der Waals surface area contributed by atoms with E-state index in [2.05, 4.69) is 10.6 Å². The van der Waals surface area contributed by atoms with Crippen LogP contribution >= 0.6 is 11.6 Å². The first kappa shape index (κ1) is 15.1. The summed E-state index contributed by atoms with van der Waals surface area (Å²) in [5, 5.41) is 4.64. The Morgan fingerprint density at radius 1 is 1.24 bits per heavy atom. The summed E-state index contributed by atoms with van der Waals surface area (Å²) in [4.78, 5) is 23.2. The molecule has 2 amide bonds. The second kappa shape index (κ2) is 6.90. The minimum atomic E-state index is -0.850. The summed E-state index contributed by atoms with van der Waals surface area (Å²) in [5.41, 5.74) is 0.243. The maximum Gasteiger partial charge on any atom is 0.313 e. The van der Waals surface area contributed by atoms with Crippen molar-refractivity contribution in [3.05, 3.63) is 53.2 Å². The molecule has 0 aliphatic rings. The van der Waals surface area contributed by atoms with E-state index in [4.69, 9.17) is 16.0 Å². The van der Waals surface area contributed by atoms with Gasteiger partial charge in [-0.25, -0.2) is 4.39 Å². The Morgan fingerprint density at radius 2 is 2.05 bits per heavy atom. The zero-order chi connectivity index (χ0) is 15.2. The SMILES string of the molecule is O=C(NCCc1ccco1)C(=O)Nc1ccc(F)c(Cl)c1. The van der Waals surface area contributed by atoms with Crippen LogP contribution in [-0.4, -0.2) is 18.4 Å². The van der Waals surface area contributed by atoms with Gasteiger partial charge in [-0.2, -0.15) is 0 Å². The Morgan fingerprint density at radius 3 is 2.71 bits per heavy atom. The third-order valence-electron chi connectivity index (χ3n) is 2.62. The highest BCUT2D eigenvalue weighted by Crippen LogP contribution is 2.19. The summed E-state index contributed by atoms with van der Waals surface area (Å²) in [6.45, 7) is 0.268. The van der Waals surface area contributed by atoms with Gasteiger partial charge in [-0.3, -0.25) is 9.59 Å². The van der Waals surface area contributed by atoms with Gasteiger partial charge in [0.25, 0.3) is 0 Å². The number of benzene rings is 1. The number of nitrogens with one attached hydrogen (secondary N) is 2. The molecule has 0 saturated heterocycles. The molecule has 7 heteroatoms. The largest absolute Gasteiger partial charge is 0.469 e. The van der Waals surface area contributed by atoms with Crippen LogP contribution in [0.25, 0.3) is 0 Å². The fraction of sp³-hybridized carbons (Fsp3) is 0.143. The molecule has 110 valence electrons. The highest BCUT2D eigenvalue weighted by atomic mass is 35.5. The number of carbonyl (C=O) groups is 2. The van der Waals surface area contributed by atoms with Gasteiger partial charge in [0.05, 0.1) is 11.3 Å². The van der Waals surface area contributed by atoms with Crippen molar-refractivity contribution < 1.29 is 18.4 Å². The monoisotopic (exact) mass is 310 g/mol. The van der Waals surface area contributed by atoms with E-state index in [1.807, 2.05) is 0 Å². The molecule has 0 unspecified atom stereocenters. The van der Waals surface area contributed by atoms with Gasteiger partial charge >= 0.3 is 11.8 Å². The smallest absolute Gasteiger partial charge is 0.313 e. The molecular weight excluding hydrogens is 299 g/mol. The fourth-order valence-corrected chi connectivity index (χ4v) is 1.78. The van der Waals surface area contributed by atoms with Crippen molar-refractivity contribution >= 4 is 29.1 Å². The first-order valence-electron chi connectivity index (χ1n) is 6.13. The van der Waals surface area contributed by atoms with E-state index in [-0.39, 0.29) is 17.3 Å². The number of rotatable bonds is 4. The van der Waals surface area contributed by atoms with E-state index >= 15 is 0 Å². The third-order valence-corrected chi connectivity index (χ3v) is 2.91. The Hall–Kier alpha value is -2.34. The standard InChI is InChI=1S/C14H12ClFN2O3/c15-11-8-9(3-4-12(11)16)18-14(20)13(19)17-6-5-10-2-1-7-21-10/h1-4,7-8H,5-6H2,(H,17,19)(H,18,20). The van der Waals surface area contributed by atoms with Crippen LogP contribution in [0.15, 0.2) is 41.0 Å². The molecule has 1 heterocycles. The van der Waals surface area contributed by atoms with Gasteiger partial charge in [-0.15, -0.1) is 0 Å². The minimum absolute atomic E-state index is 0.133. The van der Waals surface area contributed by atoms with Gasteiger partial charge in [-0.05, 0) is 30.3 Å². The Bertz CT molecular complexity index is 644. The third kappa shape index (κ3) is 4.32. The van der Waals surface area contributed by atoms with E-state index in [1.54, 1.807) is 12.1 Å². The molecule has 0 fully saturated rings. The van der Waals surface area contributed by atoms with E-state index in [0.717, 1.165) is 6.07 Å². The van der Waals surface area contributed by atoms with Crippen LogP contribution in [0, 0.1) is 5.82 Å². The minimum Gasteiger partial charge on any atom is -0.469 e. The number of hydrogen-bond acceptors (Lipinski definition) is 3. The topological polar surface area (TPSA) is 71.3 Å². The fourth-order valence-electron chi connectivity index (χ4n) is 1.60. The van der Waals surface area contributed by atoms with Gasteiger partial charge in [-0.1, -0.05) is 11.6 Å². The zero-order valence-electron chi connectivity index (χ0n) is 10.9. The molecule has 0 bridgehead atoms. The molecule has 0 radical (unpaired) electrons. The normalized spacial score (nSPS) is 10.2. The summed E-state index contributed by atoms with van der Waals surface area (Å²) < 4.78 is 18.1. The lowest BCUT2D eigenvalue weighted by Gasteiger charge is -2.06. The molecular formula is C14H12ClFN2O3. The highest BCUT2D eigenvalue weighted by Gasteiger charge is 2.14. The molecule has 0 aliphatic carbocycles. The second-order valence-electron chi connectivity index (χ2n) is 4.17. The lowest BCUT2D eigenvalue weighted by Crippen LogP contribution is -2.36. The average Bonchev–Trinajstić information content (AvgIpc) is 2.96. The van der Waals surface area contributed by atoms with Crippen LogP contribution in [0.5, 0.6) is 0 Å². The summed E-state index contributed by atoms with van der Waals surface area (Å²) in [5.74, 6) is -1.53. The second-order valence-corrected chi connectivity index (χ2v) is 4.58. The first-order chi connectivity index (χ1) is 10.1. The molecule has 0 aliphatic heterocycles. The number of anilines is 1. The van der Waals surface area contributed by atoms with Gasteiger partial charge in [0, 0.05) is 18.7 Å². The summed E-state index contributed by atoms with van der Waals surface area (Å²) in [6, 6.07) is 7.15. The number of hydrogen-bond donors (Lipinski definition) is 2. The molecule has 21 heavy (non-hydrogen) atoms. The molecule has 1 aromatic heterocycles. The Labute approximate surface area is 125 Å². The van der Waals surface area contributed by atoms with Crippen molar-refractivity contribution in [3.8, 4) is 0 Å². The van der Waals surface area contributed by atoms with Crippen LogP contribution in [0.2, 0.25) is 5.02 Å². The lowest BCUT2D eigenvalue weighted by molar-refractivity contribution is -0.136. The van der Waals surface area contributed by atoms with Crippen LogP contribution in [0.3, 0.4) is 0 Å². The molecule has 0 spiro atoms. The van der Waals surface area contributed by atoms with Crippen molar-refractivity contribution in [1.82, 2.24) is 5.32 Å². The predicted molar refractivity (Wildman–Crippen MR) is 75.5 cm³/mol. The molecule has 2 N–H and O–H groups in total. The van der Waals surface area contributed by atoms with E-state index in [9.17, 15) is 14.0 Å². The molecule has 0 atom stereocenters. The lowest BCUT2D eigenvalue weighted by atomic mass is 10.3. The maximum atomic E-state index is 13.0. The van der Waals surface area contributed by atoms with Gasteiger partial charge in [0.1, 0.15) is 11.6 Å². The molecule has 0 saturated carbocycles. The molecule has 2 aromatic rings. The zero-order valence-corrected chi connectivity index (χ0v) is 11.6. The summed E-state index contributed by atoms with van der Waals surface area (Å²) in [6.07, 6.45) is 2.01. The number of halogens is 2. The highest BCUT2D eigenvalue weighted by molar-refractivity contribution is 6.39. The molecule has 1 aromatic carbocycles. The Kier molecular flexibility index (Phi) is 4.94. The van der Waals surface area contributed by atoms with Crippen LogP contribution in [0.4, 0.5) is 10.1 Å². The van der Waals surface area contributed by atoms with Gasteiger partial charge in [0.2, 0.25) is 0 Å². The number of amides is 2. The van der Waals surface area contributed by atoms with Crippen molar-refractivity contribution in [1.29, 1.82) is 0 Å². The van der Waals surface area contributed by atoms with Crippen molar-refractivity contribution in [3.63, 3.8) is 0 Å². The maximum absolute atomic E-state index is 13.0. The average molecular weight is 311 g/mol. The quantitative estimate of drug-likeness (QED) is 0.852. The van der Waals surface area contributed by atoms with E-state index < -0.39 is 17.6 Å². The summed E-state index contributed by atoms with van der Waals surface area (Å²) >= 11 is 5.58. The van der Waals surface area contributed by atoms with Crippen molar-refractivity contribution in [2.75, 3.05) is 11.9 Å². The summed E-state index contributed by atoms with van der Waals surface area (Å²) in [7, 11) is 0. The van der Waals surface area contributed by atoms with Gasteiger partial charge in [0.15, 0.2) is 0 Å². The van der Waals surface area contributed by atoms with Crippen molar-refractivity contribution in [2.24, 2.45) is 0 Å².